The van der Waals surface area contributed by atoms with Crippen molar-refractivity contribution in [3.05, 3.63) is 60.3 Å². The number of phenols is 1. The molecule has 2 heterocycles. The molecule has 4 rings (SSSR count). The zero-order valence-electron chi connectivity index (χ0n) is 16.7. The number of methoxy groups -OCH3 is 1. The van der Waals surface area contributed by atoms with Crippen LogP contribution in [0.15, 0.2) is 54.7 Å². The second kappa shape index (κ2) is 8.41. The van der Waals surface area contributed by atoms with E-state index >= 15 is 0 Å². The SMILES string of the molecule is COc1ccc2cc(NC(=O)[C@@H]3CC(=O)N(CCc4ccc(O)cc4)C3)cnc2c1. The predicted molar refractivity (Wildman–Crippen MR) is 113 cm³/mol. The van der Waals surface area contributed by atoms with Crippen LogP contribution >= 0.6 is 0 Å². The number of anilines is 1. The van der Waals surface area contributed by atoms with E-state index in [9.17, 15) is 14.7 Å². The topological polar surface area (TPSA) is 91.8 Å². The summed E-state index contributed by atoms with van der Waals surface area (Å²) in [4.78, 5) is 31.1. The summed E-state index contributed by atoms with van der Waals surface area (Å²) in [7, 11) is 1.60. The predicted octanol–water partition coefficient (Wildman–Crippen LogP) is 2.98. The zero-order chi connectivity index (χ0) is 21.1. The number of phenolic OH excluding ortho intramolecular Hbond substituents is 1. The van der Waals surface area contributed by atoms with Crippen molar-refractivity contribution in [1.29, 1.82) is 0 Å². The van der Waals surface area contributed by atoms with Crippen molar-refractivity contribution < 1.29 is 19.4 Å². The van der Waals surface area contributed by atoms with Crippen LogP contribution in [0, 0.1) is 5.92 Å². The standard InChI is InChI=1S/C23H23N3O4/c1-30-20-7-4-16-10-18(13-24-21(16)12-20)25-23(29)17-11-22(28)26(14-17)9-8-15-2-5-19(27)6-3-15/h2-7,10,12-13,17,27H,8-9,11,14H2,1H3,(H,25,29)/t17-/m1/s1. The molecular formula is C23H23N3O4. The number of amides is 2. The van der Waals surface area contributed by atoms with E-state index in [1.54, 1.807) is 30.3 Å². The fourth-order valence-electron chi connectivity index (χ4n) is 3.63. The van der Waals surface area contributed by atoms with Crippen LogP contribution in [0.1, 0.15) is 12.0 Å². The maximum absolute atomic E-state index is 12.7. The van der Waals surface area contributed by atoms with Crippen LogP contribution in [-0.4, -0.2) is 47.0 Å². The van der Waals surface area contributed by atoms with Crippen LogP contribution in [0.25, 0.3) is 10.9 Å². The number of carbonyl (C=O) groups excluding carboxylic acids is 2. The van der Waals surface area contributed by atoms with Gasteiger partial charge in [0.25, 0.3) is 0 Å². The molecule has 2 amide bonds. The van der Waals surface area contributed by atoms with Crippen LogP contribution in [0.4, 0.5) is 5.69 Å². The fraction of sp³-hybridized carbons (Fsp3) is 0.261. The van der Waals surface area contributed by atoms with Gasteiger partial charge in [-0.15, -0.1) is 0 Å². The first-order valence-corrected chi connectivity index (χ1v) is 9.82. The van der Waals surface area contributed by atoms with E-state index in [0.29, 0.717) is 25.2 Å². The molecule has 1 aromatic heterocycles. The van der Waals surface area contributed by atoms with Gasteiger partial charge in [0.15, 0.2) is 0 Å². The fourth-order valence-corrected chi connectivity index (χ4v) is 3.63. The Hall–Kier alpha value is -3.61. The maximum Gasteiger partial charge on any atom is 0.229 e. The molecule has 1 aliphatic heterocycles. The molecule has 1 saturated heterocycles. The van der Waals surface area contributed by atoms with Gasteiger partial charge >= 0.3 is 0 Å². The number of hydrogen-bond acceptors (Lipinski definition) is 5. The Morgan fingerprint density at radius 3 is 2.80 bits per heavy atom. The summed E-state index contributed by atoms with van der Waals surface area (Å²) in [6.45, 7) is 0.952. The molecule has 0 spiro atoms. The van der Waals surface area contributed by atoms with Crippen LogP contribution in [0.3, 0.4) is 0 Å². The van der Waals surface area contributed by atoms with Crippen molar-refractivity contribution in [3.8, 4) is 11.5 Å². The Morgan fingerprint density at radius 1 is 1.23 bits per heavy atom. The highest BCUT2D eigenvalue weighted by atomic mass is 16.5. The van der Waals surface area contributed by atoms with Crippen LogP contribution < -0.4 is 10.1 Å². The molecule has 0 bridgehead atoms. The third-order valence-electron chi connectivity index (χ3n) is 5.35. The van der Waals surface area contributed by atoms with E-state index < -0.39 is 0 Å². The van der Waals surface area contributed by atoms with Gasteiger partial charge in [-0.05, 0) is 42.3 Å². The maximum atomic E-state index is 12.7. The first-order chi connectivity index (χ1) is 14.5. The molecule has 30 heavy (non-hydrogen) atoms. The van der Waals surface area contributed by atoms with Gasteiger partial charge in [-0.2, -0.15) is 0 Å². The summed E-state index contributed by atoms with van der Waals surface area (Å²) in [6, 6.07) is 14.4. The zero-order valence-corrected chi connectivity index (χ0v) is 16.7. The summed E-state index contributed by atoms with van der Waals surface area (Å²) in [5.74, 6) is 0.366. The van der Waals surface area contributed by atoms with E-state index in [0.717, 1.165) is 22.2 Å². The van der Waals surface area contributed by atoms with Crippen LogP contribution in [-0.2, 0) is 16.0 Å². The number of fused-ring (bicyclic) bond motifs is 1. The van der Waals surface area contributed by atoms with Crippen molar-refractivity contribution in [2.45, 2.75) is 12.8 Å². The molecule has 1 atom stereocenters. The molecule has 2 N–H and O–H groups in total. The Balaban J connectivity index is 1.36. The second-order valence-corrected chi connectivity index (χ2v) is 7.43. The molecule has 1 aliphatic rings. The van der Waals surface area contributed by atoms with E-state index in [4.69, 9.17) is 4.74 Å². The molecule has 0 saturated carbocycles. The number of nitrogens with zero attached hydrogens (tertiary/aromatic N) is 2. The summed E-state index contributed by atoms with van der Waals surface area (Å²) in [5, 5.41) is 13.1. The minimum Gasteiger partial charge on any atom is -0.508 e. The average molecular weight is 405 g/mol. The van der Waals surface area contributed by atoms with Crippen molar-refractivity contribution in [3.63, 3.8) is 0 Å². The van der Waals surface area contributed by atoms with E-state index in [-0.39, 0.29) is 29.9 Å². The van der Waals surface area contributed by atoms with E-state index in [2.05, 4.69) is 10.3 Å². The summed E-state index contributed by atoms with van der Waals surface area (Å²) in [6.07, 6.45) is 2.50. The molecule has 0 unspecified atom stereocenters. The number of pyridine rings is 1. The highest BCUT2D eigenvalue weighted by molar-refractivity contribution is 5.98. The minimum absolute atomic E-state index is 0.0161. The lowest BCUT2D eigenvalue weighted by molar-refractivity contribution is -0.128. The Kier molecular flexibility index (Phi) is 5.52. The third-order valence-corrected chi connectivity index (χ3v) is 5.35. The minimum atomic E-state index is -0.385. The average Bonchev–Trinajstić information content (AvgIpc) is 3.13. The van der Waals surface area contributed by atoms with Gasteiger partial charge in [0.05, 0.1) is 30.4 Å². The van der Waals surface area contributed by atoms with Gasteiger partial charge < -0.3 is 20.1 Å². The summed E-state index contributed by atoms with van der Waals surface area (Å²) < 4.78 is 5.20. The molecule has 154 valence electrons. The monoisotopic (exact) mass is 405 g/mol. The van der Waals surface area contributed by atoms with Gasteiger partial charge in [0.2, 0.25) is 11.8 Å². The number of likely N-dealkylation sites (tertiary alicyclic amines) is 1. The Morgan fingerprint density at radius 2 is 2.03 bits per heavy atom. The molecule has 0 aliphatic carbocycles. The molecule has 1 fully saturated rings. The molecular weight excluding hydrogens is 382 g/mol. The van der Waals surface area contributed by atoms with Crippen LogP contribution in [0.5, 0.6) is 11.5 Å². The number of aromatic hydroxyl groups is 1. The lowest BCUT2D eigenvalue weighted by atomic mass is 10.1. The number of carbonyl (C=O) groups is 2. The number of ether oxygens (including phenoxy) is 1. The number of aromatic nitrogens is 1. The Bertz CT molecular complexity index is 1080. The molecule has 7 heteroatoms. The highest BCUT2D eigenvalue weighted by Gasteiger charge is 2.34. The molecule has 0 radical (unpaired) electrons. The highest BCUT2D eigenvalue weighted by Crippen LogP contribution is 2.24. The normalized spacial score (nSPS) is 16.1. The largest absolute Gasteiger partial charge is 0.508 e. The van der Waals surface area contributed by atoms with Crippen molar-refractivity contribution in [2.24, 2.45) is 5.92 Å². The van der Waals surface area contributed by atoms with Crippen molar-refractivity contribution >= 4 is 28.4 Å². The third kappa shape index (κ3) is 4.35. The number of benzene rings is 2. The lowest BCUT2D eigenvalue weighted by Crippen LogP contribution is -2.30. The van der Waals surface area contributed by atoms with Gasteiger partial charge in [-0.1, -0.05) is 12.1 Å². The van der Waals surface area contributed by atoms with Crippen molar-refractivity contribution in [1.82, 2.24) is 9.88 Å². The summed E-state index contributed by atoms with van der Waals surface area (Å²) >= 11 is 0. The number of nitrogens with one attached hydrogen (secondary N) is 1. The van der Waals surface area contributed by atoms with Gasteiger partial charge in [0, 0.05) is 31.0 Å². The lowest BCUT2D eigenvalue weighted by Gasteiger charge is -2.16. The van der Waals surface area contributed by atoms with E-state index in [1.807, 2.05) is 36.4 Å². The van der Waals surface area contributed by atoms with E-state index in [1.165, 1.54) is 0 Å². The second-order valence-electron chi connectivity index (χ2n) is 7.43. The molecule has 7 nitrogen and oxygen atoms in total. The van der Waals surface area contributed by atoms with Gasteiger partial charge in [-0.25, -0.2) is 0 Å². The quantitative estimate of drug-likeness (QED) is 0.658. The first kappa shape index (κ1) is 19.7. The molecule has 2 aromatic carbocycles. The summed E-state index contributed by atoms with van der Waals surface area (Å²) in [5.41, 5.74) is 2.42. The van der Waals surface area contributed by atoms with Gasteiger partial charge in [0.1, 0.15) is 11.5 Å². The number of hydrogen-bond donors (Lipinski definition) is 2. The first-order valence-electron chi connectivity index (χ1n) is 9.82. The molecule has 3 aromatic rings. The van der Waals surface area contributed by atoms with Gasteiger partial charge in [-0.3, -0.25) is 14.6 Å². The van der Waals surface area contributed by atoms with Crippen LogP contribution in [0.2, 0.25) is 0 Å². The number of rotatable bonds is 6. The Labute approximate surface area is 174 Å². The van der Waals surface area contributed by atoms with Crippen molar-refractivity contribution in [2.75, 3.05) is 25.5 Å². The smallest absolute Gasteiger partial charge is 0.229 e.